The first-order valence-corrected chi connectivity index (χ1v) is 7.15. The van der Waals surface area contributed by atoms with Crippen molar-refractivity contribution in [1.29, 1.82) is 0 Å². The Balaban J connectivity index is 0.00000220. The number of aliphatic hydroxyl groups excluding tert-OH is 1. The molecule has 3 nitrogen and oxygen atoms in total. The third-order valence-corrected chi connectivity index (χ3v) is 3.88. The van der Waals surface area contributed by atoms with Crippen molar-refractivity contribution in [2.45, 2.75) is 25.8 Å². The Hall–Kier alpha value is -0.750. The van der Waals surface area contributed by atoms with Crippen LogP contribution in [0, 0.1) is 18.6 Å². The summed E-state index contributed by atoms with van der Waals surface area (Å²) in [6, 6.07) is 2.50. The quantitative estimate of drug-likeness (QED) is 0.874. The van der Waals surface area contributed by atoms with Crippen LogP contribution in [0.2, 0.25) is 0 Å². The van der Waals surface area contributed by atoms with Crippen LogP contribution in [0.1, 0.15) is 30.0 Å². The second kappa shape index (κ2) is 8.63. The molecule has 1 fully saturated rings. The van der Waals surface area contributed by atoms with Gasteiger partial charge in [-0.05, 0) is 31.4 Å². The molecule has 0 radical (unpaired) electrons. The fourth-order valence-corrected chi connectivity index (χ4v) is 2.77. The van der Waals surface area contributed by atoms with Gasteiger partial charge in [-0.25, -0.2) is 8.78 Å². The molecule has 0 aliphatic carbocycles. The van der Waals surface area contributed by atoms with Crippen molar-refractivity contribution in [3.63, 3.8) is 0 Å². The van der Waals surface area contributed by atoms with Crippen LogP contribution in [0.5, 0.6) is 0 Å². The summed E-state index contributed by atoms with van der Waals surface area (Å²) in [5.41, 5.74) is 0.617. The number of halogens is 3. The maximum Gasteiger partial charge on any atom is 0.133 e. The van der Waals surface area contributed by atoms with Gasteiger partial charge in [0.1, 0.15) is 11.6 Å². The van der Waals surface area contributed by atoms with Gasteiger partial charge in [0, 0.05) is 44.4 Å². The van der Waals surface area contributed by atoms with Crippen LogP contribution in [-0.2, 0) is 0 Å². The molecule has 0 aromatic heterocycles. The van der Waals surface area contributed by atoms with E-state index in [4.69, 9.17) is 5.11 Å². The Bertz CT molecular complexity index is 454. The number of rotatable bonds is 5. The highest BCUT2D eigenvalue weighted by Gasteiger charge is 2.27. The normalized spacial score (nSPS) is 17.3. The topological polar surface area (TPSA) is 35.5 Å². The van der Waals surface area contributed by atoms with E-state index in [1.165, 1.54) is 12.1 Å². The number of aryl methyl sites for hydroxylation is 1. The van der Waals surface area contributed by atoms with Crippen LogP contribution in [0.3, 0.4) is 0 Å². The number of hydrogen-bond donors (Lipinski definition) is 2. The smallest absolute Gasteiger partial charge is 0.133 e. The minimum Gasteiger partial charge on any atom is -0.396 e. The van der Waals surface area contributed by atoms with Crippen LogP contribution in [-0.4, -0.2) is 42.8 Å². The molecule has 1 aromatic carbocycles. The molecule has 6 heteroatoms. The average Bonchev–Trinajstić information content (AvgIpc) is 2.47. The van der Waals surface area contributed by atoms with E-state index in [1.807, 2.05) is 0 Å². The SMILES string of the molecule is Cc1ccc(F)c([C@H](CCCO)N2CCNCC2)c1F.Cl. The number of benzene rings is 1. The molecular formula is C15H23ClF2N2O. The van der Waals surface area contributed by atoms with Crippen LogP contribution < -0.4 is 5.32 Å². The van der Waals surface area contributed by atoms with Gasteiger partial charge in [-0.15, -0.1) is 12.4 Å². The fraction of sp³-hybridized carbons (Fsp3) is 0.600. The summed E-state index contributed by atoms with van der Waals surface area (Å²) in [6.45, 7) is 4.87. The van der Waals surface area contributed by atoms with E-state index >= 15 is 0 Å². The first-order valence-electron chi connectivity index (χ1n) is 7.15. The minimum atomic E-state index is -0.491. The van der Waals surface area contributed by atoms with E-state index in [-0.39, 0.29) is 30.6 Å². The van der Waals surface area contributed by atoms with Gasteiger partial charge < -0.3 is 10.4 Å². The highest BCUT2D eigenvalue weighted by Crippen LogP contribution is 2.31. The molecule has 120 valence electrons. The van der Waals surface area contributed by atoms with Gasteiger partial charge in [0.25, 0.3) is 0 Å². The summed E-state index contributed by atoms with van der Waals surface area (Å²) in [4.78, 5) is 2.10. The summed E-state index contributed by atoms with van der Waals surface area (Å²) in [5.74, 6) is -0.943. The molecular weight excluding hydrogens is 298 g/mol. The number of nitrogens with one attached hydrogen (secondary N) is 1. The van der Waals surface area contributed by atoms with E-state index in [2.05, 4.69) is 10.2 Å². The molecule has 1 atom stereocenters. The van der Waals surface area contributed by atoms with Gasteiger partial charge in [-0.1, -0.05) is 6.07 Å². The van der Waals surface area contributed by atoms with Crippen LogP contribution in [0.15, 0.2) is 12.1 Å². The second-order valence-corrected chi connectivity index (χ2v) is 5.26. The second-order valence-electron chi connectivity index (χ2n) is 5.26. The molecule has 21 heavy (non-hydrogen) atoms. The van der Waals surface area contributed by atoms with E-state index in [0.717, 1.165) is 26.2 Å². The standard InChI is InChI=1S/C15H22F2N2O.ClH/c1-11-4-5-12(16)14(15(11)17)13(3-2-10-20)19-8-6-18-7-9-19;/h4-5,13,18,20H,2-3,6-10H2,1H3;1H/t13-;/m0./s1. The summed E-state index contributed by atoms with van der Waals surface area (Å²) < 4.78 is 28.5. The molecule has 0 unspecified atom stereocenters. The highest BCUT2D eigenvalue weighted by atomic mass is 35.5. The van der Waals surface area contributed by atoms with Crippen LogP contribution in [0.25, 0.3) is 0 Å². The summed E-state index contributed by atoms with van der Waals surface area (Å²) in [7, 11) is 0. The zero-order valence-electron chi connectivity index (χ0n) is 12.2. The highest BCUT2D eigenvalue weighted by molar-refractivity contribution is 5.85. The lowest BCUT2D eigenvalue weighted by Crippen LogP contribution is -2.45. The Kier molecular flexibility index (Phi) is 7.52. The van der Waals surface area contributed by atoms with E-state index in [1.54, 1.807) is 6.92 Å². The molecule has 0 bridgehead atoms. The van der Waals surface area contributed by atoms with Crippen molar-refractivity contribution in [1.82, 2.24) is 10.2 Å². The summed E-state index contributed by atoms with van der Waals surface area (Å²) in [6.07, 6.45) is 1.11. The first kappa shape index (κ1) is 18.3. The van der Waals surface area contributed by atoms with Crippen molar-refractivity contribution >= 4 is 12.4 Å². The largest absolute Gasteiger partial charge is 0.396 e. The molecule has 0 spiro atoms. The minimum absolute atomic E-state index is 0. The molecule has 1 aromatic rings. The molecule has 2 rings (SSSR count). The molecule has 1 aliphatic rings. The van der Waals surface area contributed by atoms with E-state index in [9.17, 15) is 8.78 Å². The predicted molar refractivity (Wildman–Crippen MR) is 81.8 cm³/mol. The molecule has 0 saturated carbocycles. The molecule has 0 amide bonds. The van der Waals surface area contributed by atoms with Gasteiger partial charge >= 0.3 is 0 Å². The van der Waals surface area contributed by atoms with Gasteiger partial charge in [-0.3, -0.25) is 4.90 Å². The molecule has 1 saturated heterocycles. The third kappa shape index (κ3) is 4.36. The van der Waals surface area contributed by atoms with Crippen molar-refractivity contribution in [2.75, 3.05) is 32.8 Å². The van der Waals surface area contributed by atoms with Crippen LogP contribution >= 0.6 is 12.4 Å². The number of hydrogen-bond acceptors (Lipinski definition) is 3. The first-order chi connectivity index (χ1) is 9.65. The lowest BCUT2D eigenvalue weighted by atomic mass is 9.96. The molecule has 1 aliphatic heterocycles. The fourth-order valence-electron chi connectivity index (χ4n) is 2.77. The molecule has 1 heterocycles. The monoisotopic (exact) mass is 320 g/mol. The maximum atomic E-state index is 14.4. The third-order valence-electron chi connectivity index (χ3n) is 3.88. The Labute approximate surface area is 130 Å². The Morgan fingerprint density at radius 1 is 1.29 bits per heavy atom. The summed E-state index contributed by atoms with van der Waals surface area (Å²) in [5, 5.41) is 12.3. The van der Waals surface area contributed by atoms with E-state index < -0.39 is 11.6 Å². The zero-order chi connectivity index (χ0) is 14.5. The van der Waals surface area contributed by atoms with Gasteiger partial charge in [0.05, 0.1) is 0 Å². The number of aliphatic hydroxyl groups is 1. The van der Waals surface area contributed by atoms with Crippen molar-refractivity contribution in [3.8, 4) is 0 Å². The Morgan fingerprint density at radius 2 is 1.95 bits per heavy atom. The van der Waals surface area contributed by atoms with Gasteiger partial charge in [-0.2, -0.15) is 0 Å². The summed E-state index contributed by atoms with van der Waals surface area (Å²) >= 11 is 0. The number of piperazine rings is 1. The average molecular weight is 321 g/mol. The predicted octanol–water partition coefficient (Wildman–Crippen LogP) is 2.41. The van der Waals surface area contributed by atoms with Gasteiger partial charge in [0.2, 0.25) is 0 Å². The molecule has 2 N–H and O–H groups in total. The lowest BCUT2D eigenvalue weighted by molar-refractivity contribution is 0.148. The van der Waals surface area contributed by atoms with Crippen molar-refractivity contribution in [2.24, 2.45) is 0 Å². The lowest BCUT2D eigenvalue weighted by Gasteiger charge is -2.35. The van der Waals surface area contributed by atoms with Gasteiger partial charge in [0.15, 0.2) is 0 Å². The van der Waals surface area contributed by atoms with Crippen molar-refractivity contribution in [3.05, 3.63) is 34.9 Å². The maximum absolute atomic E-state index is 14.4. The van der Waals surface area contributed by atoms with E-state index in [0.29, 0.717) is 18.4 Å². The Morgan fingerprint density at radius 3 is 2.57 bits per heavy atom. The van der Waals surface area contributed by atoms with Crippen molar-refractivity contribution < 1.29 is 13.9 Å². The van der Waals surface area contributed by atoms with Crippen LogP contribution in [0.4, 0.5) is 8.78 Å². The number of nitrogens with zero attached hydrogens (tertiary/aromatic N) is 1. The zero-order valence-corrected chi connectivity index (χ0v) is 13.1.